The van der Waals surface area contributed by atoms with Crippen LogP contribution >= 0.6 is 0 Å². The fraction of sp³-hybridized carbons (Fsp3) is 0.364. The van der Waals surface area contributed by atoms with Gasteiger partial charge in [0.15, 0.2) is 0 Å². The van der Waals surface area contributed by atoms with Gasteiger partial charge in [0, 0.05) is 11.0 Å². The summed E-state index contributed by atoms with van der Waals surface area (Å²) in [6.07, 6.45) is 2.48. The van der Waals surface area contributed by atoms with Crippen LogP contribution < -0.4 is 0 Å². The molecule has 1 aromatic carbocycles. The lowest BCUT2D eigenvalue weighted by Crippen LogP contribution is -2.03. The van der Waals surface area contributed by atoms with Crippen molar-refractivity contribution in [1.29, 1.82) is 0 Å². The smallest absolute Gasteiger partial charge is 0.0377 e. The topological polar surface area (TPSA) is 48.8 Å². The van der Waals surface area contributed by atoms with Crippen molar-refractivity contribution in [2.24, 2.45) is 5.11 Å². The van der Waals surface area contributed by atoms with Crippen LogP contribution in [-0.2, 0) is 6.42 Å². The molecule has 0 saturated carbocycles. The molecule has 3 nitrogen and oxygen atoms in total. The van der Waals surface area contributed by atoms with Crippen molar-refractivity contribution in [2.75, 3.05) is 0 Å². The Kier molecular flexibility index (Phi) is 4.59. The van der Waals surface area contributed by atoms with E-state index in [0.717, 1.165) is 12.8 Å². The minimum atomic E-state index is 0.0280. The zero-order valence-corrected chi connectivity index (χ0v) is 8.13. The van der Waals surface area contributed by atoms with E-state index in [-0.39, 0.29) is 6.04 Å². The maximum Gasteiger partial charge on any atom is 0.0377 e. The van der Waals surface area contributed by atoms with Gasteiger partial charge in [0.05, 0.1) is 0 Å². The first kappa shape index (κ1) is 10.6. The van der Waals surface area contributed by atoms with E-state index in [1.165, 1.54) is 5.56 Å². The Morgan fingerprint density at radius 3 is 2.64 bits per heavy atom. The largest absolute Gasteiger partial charge is 0.0906 e. The van der Waals surface area contributed by atoms with Crippen LogP contribution in [0.1, 0.15) is 18.4 Å². The molecule has 0 amide bonds. The predicted molar refractivity (Wildman–Crippen MR) is 57.7 cm³/mol. The van der Waals surface area contributed by atoms with Crippen molar-refractivity contribution in [2.45, 2.75) is 25.3 Å². The van der Waals surface area contributed by atoms with E-state index < -0.39 is 0 Å². The third-order valence-corrected chi connectivity index (χ3v) is 2.16. The highest BCUT2D eigenvalue weighted by Gasteiger charge is 2.02. The summed E-state index contributed by atoms with van der Waals surface area (Å²) in [6.45, 7) is 3.75. The van der Waals surface area contributed by atoms with Crippen LogP contribution in [0.2, 0.25) is 0 Å². The Labute approximate surface area is 84.4 Å². The van der Waals surface area contributed by atoms with E-state index in [1.807, 2.05) is 18.2 Å². The Hall–Kier alpha value is -1.47. The highest BCUT2D eigenvalue weighted by atomic mass is 15.1. The third-order valence-electron chi connectivity index (χ3n) is 2.16. The molecular formula is C11H14N3. The molecule has 0 fully saturated rings. The van der Waals surface area contributed by atoms with Gasteiger partial charge in [-0.2, -0.15) is 0 Å². The van der Waals surface area contributed by atoms with Gasteiger partial charge in [-0.05, 0) is 30.4 Å². The minimum Gasteiger partial charge on any atom is -0.0906 e. The van der Waals surface area contributed by atoms with Gasteiger partial charge in [0.25, 0.3) is 0 Å². The molecular weight excluding hydrogens is 174 g/mol. The second kappa shape index (κ2) is 6.06. The van der Waals surface area contributed by atoms with E-state index in [2.05, 4.69) is 29.1 Å². The van der Waals surface area contributed by atoms with Gasteiger partial charge >= 0.3 is 0 Å². The van der Waals surface area contributed by atoms with E-state index in [1.54, 1.807) is 0 Å². The predicted octanol–water partition coefficient (Wildman–Crippen LogP) is 3.52. The van der Waals surface area contributed by atoms with Crippen LogP contribution in [0.15, 0.2) is 35.4 Å². The second-order valence-electron chi connectivity index (χ2n) is 3.17. The van der Waals surface area contributed by atoms with Gasteiger partial charge in [-0.15, -0.1) is 0 Å². The third kappa shape index (κ3) is 3.50. The van der Waals surface area contributed by atoms with Crippen LogP contribution in [0.25, 0.3) is 10.4 Å². The van der Waals surface area contributed by atoms with Gasteiger partial charge in [0.1, 0.15) is 0 Å². The average molecular weight is 188 g/mol. The molecule has 1 radical (unpaired) electrons. The van der Waals surface area contributed by atoms with E-state index in [4.69, 9.17) is 5.53 Å². The molecule has 0 aliphatic heterocycles. The molecule has 0 bridgehead atoms. The molecule has 0 N–H and O–H groups in total. The van der Waals surface area contributed by atoms with Gasteiger partial charge < -0.3 is 0 Å². The fourth-order valence-corrected chi connectivity index (χ4v) is 1.31. The summed E-state index contributed by atoms with van der Waals surface area (Å²) in [5.41, 5.74) is 9.57. The van der Waals surface area contributed by atoms with Crippen molar-refractivity contribution in [3.05, 3.63) is 53.3 Å². The lowest BCUT2D eigenvalue weighted by Gasteiger charge is -2.07. The molecule has 0 spiro atoms. The summed E-state index contributed by atoms with van der Waals surface area (Å²) < 4.78 is 0. The Morgan fingerprint density at radius 1 is 1.36 bits per heavy atom. The summed E-state index contributed by atoms with van der Waals surface area (Å²) in [4.78, 5) is 2.80. The van der Waals surface area contributed by atoms with Crippen molar-refractivity contribution in [3.63, 3.8) is 0 Å². The number of hydrogen-bond acceptors (Lipinski definition) is 1. The van der Waals surface area contributed by atoms with Gasteiger partial charge in [-0.25, -0.2) is 0 Å². The number of nitrogens with zero attached hydrogens (tertiary/aromatic N) is 3. The number of azide groups is 1. The second-order valence-corrected chi connectivity index (χ2v) is 3.17. The molecule has 1 atom stereocenters. The molecule has 0 saturated heterocycles. The first-order valence-corrected chi connectivity index (χ1v) is 4.74. The van der Waals surface area contributed by atoms with E-state index >= 15 is 0 Å². The molecule has 0 aliphatic carbocycles. The molecule has 1 rings (SSSR count). The van der Waals surface area contributed by atoms with Gasteiger partial charge in [0.2, 0.25) is 0 Å². The van der Waals surface area contributed by atoms with Crippen LogP contribution in [0.5, 0.6) is 0 Å². The molecule has 14 heavy (non-hydrogen) atoms. The standard InChI is InChI=1S/C11H14N3/c1-2-11(13-14-12)9-8-10-6-4-3-5-7-10/h3-7,11H,1-2,8-9H2. The minimum absolute atomic E-state index is 0.0280. The molecule has 0 aliphatic rings. The number of rotatable bonds is 5. The van der Waals surface area contributed by atoms with Crippen LogP contribution in [0.3, 0.4) is 0 Å². The van der Waals surface area contributed by atoms with E-state index in [9.17, 15) is 0 Å². The maximum absolute atomic E-state index is 8.30. The highest BCUT2D eigenvalue weighted by molar-refractivity contribution is 5.14. The SMILES string of the molecule is [CH2]CC(CCc1ccccc1)N=[N+]=[N-]. The normalized spacial score (nSPS) is 11.8. The quantitative estimate of drug-likeness (QED) is 0.385. The number of aryl methyl sites for hydroxylation is 1. The van der Waals surface area contributed by atoms with Crippen LogP contribution in [0, 0.1) is 6.92 Å². The maximum atomic E-state index is 8.30. The van der Waals surface area contributed by atoms with Crippen molar-refractivity contribution >= 4 is 0 Å². The summed E-state index contributed by atoms with van der Waals surface area (Å²) in [7, 11) is 0. The first-order chi connectivity index (χ1) is 6.86. The van der Waals surface area contributed by atoms with Crippen LogP contribution in [0.4, 0.5) is 0 Å². The van der Waals surface area contributed by atoms with Crippen molar-refractivity contribution in [3.8, 4) is 0 Å². The summed E-state index contributed by atoms with van der Waals surface area (Å²) in [5.74, 6) is 0. The summed E-state index contributed by atoms with van der Waals surface area (Å²) in [5, 5.41) is 3.68. The van der Waals surface area contributed by atoms with Crippen molar-refractivity contribution in [1.82, 2.24) is 0 Å². The number of hydrogen-bond donors (Lipinski definition) is 0. The molecule has 3 heteroatoms. The first-order valence-electron chi connectivity index (χ1n) is 4.74. The molecule has 73 valence electrons. The zero-order chi connectivity index (χ0) is 10.2. The van der Waals surface area contributed by atoms with Gasteiger partial charge in [-0.1, -0.05) is 42.4 Å². The van der Waals surface area contributed by atoms with Crippen LogP contribution in [-0.4, -0.2) is 6.04 Å². The lowest BCUT2D eigenvalue weighted by molar-refractivity contribution is 0.616. The van der Waals surface area contributed by atoms with E-state index in [0.29, 0.717) is 6.42 Å². The zero-order valence-electron chi connectivity index (χ0n) is 8.13. The summed E-state index contributed by atoms with van der Waals surface area (Å²) >= 11 is 0. The highest BCUT2D eigenvalue weighted by Crippen LogP contribution is 2.09. The Balaban J connectivity index is 2.43. The lowest BCUT2D eigenvalue weighted by atomic mass is 10.0. The average Bonchev–Trinajstić information content (AvgIpc) is 2.25. The molecule has 1 aromatic rings. The van der Waals surface area contributed by atoms with Crippen molar-refractivity contribution < 1.29 is 0 Å². The number of benzene rings is 1. The Morgan fingerprint density at radius 2 is 2.07 bits per heavy atom. The molecule has 0 heterocycles. The Bertz CT molecular complexity index is 302. The molecule has 1 unspecified atom stereocenters. The summed E-state index contributed by atoms with van der Waals surface area (Å²) in [6, 6.07) is 10.2. The van der Waals surface area contributed by atoms with Gasteiger partial charge in [-0.3, -0.25) is 0 Å². The fourth-order valence-electron chi connectivity index (χ4n) is 1.31. The monoisotopic (exact) mass is 188 g/mol. The molecule has 0 aromatic heterocycles.